The normalized spacial score (nSPS) is 25.5. The fourth-order valence-corrected chi connectivity index (χ4v) is 1.52. The van der Waals surface area contributed by atoms with Crippen LogP contribution in [0.3, 0.4) is 0 Å². The Bertz CT molecular complexity index is 354. The van der Waals surface area contributed by atoms with E-state index in [1.807, 2.05) is 6.92 Å². The van der Waals surface area contributed by atoms with E-state index in [0.29, 0.717) is 12.2 Å². The minimum Gasteiger partial charge on any atom is -0.494 e. The van der Waals surface area contributed by atoms with Crippen LogP contribution in [0.15, 0.2) is 18.2 Å². The molecule has 0 bridgehead atoms. The van der Waals surface area contributed by atoms with Crippen LogP contribution in [0.1, 0.15) is 18.8 Å². The van der Waals surface area contributed by atoms with Crippen LogP contribution < -0.4 is 4.74 Å². The molecule has 1 aliphatic rings. The van der Waals surface area contributed by atoms with Gasteiger partial charge in [0.15, 0.2) is 17.9 Å². The summed E-state index contributed by atoms with van der Waals surface area (Å²) in [4.78, 5) is 0. The highest BCUT2D eigenvalue weighted by Crippen LogP contribution is 2.29. The van der Waals surface area contributed by atoms with E-state index < -0.39 is 12.1 Å². The molecule has 3 nitrogen and oxygen atoms in total. The second-order valence-corrected chi connectivity index (χ2v) is 3.51. The topological polar surface area (TPSA) is 27.7 Å². The van der Waals surface area contributed by atoms with Gasteiger partial charge in [-0.05, 0) is 19.1 Å². The summed E-state index contributed by atoms with van der Waals surface area (Å²) >= 11 is 0. The molecule has 82 valence electrons. The Labute approximate surface area is 87.8 Å². The van der Waals surface area contributed by atoms with E-state index in [4.69, 9.17) is 14.2 Å². The second-order valence-electron chi connectivity index (χ2n) is 3.51. The monoisotopic (exact) mass is 212 g/mol. The van der Waals surface area contributed by atoms with Gasteiger partial charge < -0.3 is 14.2 Å². The highest BCUT2D eigenvalue weighted by Gasteiger charge is 2.24. The van der Waals surface area contributed by atoms with Gasteiger partial charge in [0.2, 0.25) is 0 Å². The summed E-state index contributed by atoms with van der Waals surface area (Å²) in [6, 6.07) is 4.69. The van der Waals surface area contributed by atoms with Gasteiger partial charge in [0.05, 0.1) is 19.8 Å². The van der Waals surface area contributed by atoms with E-state index in [-0.39, 0.29) is 11.9 Å². The maximum absolute atomic E-state index is 13.4. The van der Waals surface area contributed by atoms with Crippen molar-refractivity contribution in [2.24, 2.45) is 0 Å². The quantitative estimate of drug-likeness (QED) is 0.752. The maximum Gasteiger partial charge on any atom is 0.184 e. The fraction of sp³-hybridized carbons (Fsp3) is 0.455. The van der Waals surface area contributed by atoms with Gasteiger partial charge in [-0.25, -0.2) is 4.39 Å². The summed E-state index contributed by atoms with van der Waals surface area (Å²) < 4.78 is 29.0. The molecule has 0 spiro atoms. The molecule has 1 heterocycles. The number of ether oxygens (including phenoxy) is 3. The molecule has 1 saturated heterocycles. The van der Waals surface area contributed by atoms with Gasteiger partial charge in [0.1, 0.15) is 0 Å². The molecule has 1 aliphatic heterocycles. The molecule has 2 rings (SSSR count). The Morgan fingerprint density at radius 1 is 1.47 bits per heavy atom. The predicted molar refractivity (Wildman–Crippen MR) is 52.2 cm³/mol. The molecule has 2 unspecified atom stereocenters. The first-order chi connectivity index (χ1) is 7.20. The van der Waals surface area contributed by atoms with Gasteiger partial charge in [-0.15, -0.1) is 0 Å². The number of methoxy groups -OCH3 is 1. The molecule has 1 aromatic rings. The number of benzene rings is 1. The van der Waals surface area contributed by atoms with Gasteiger partial charge in [-0.2, -0.15) is 0 Å². The van der Waals surface area contributed by atoms with Crippen LogP contribution >= 0.6 is 0 Å². The van der Waals surface area contributed by atoms with Gasteiger partial charge in [0, 0.05) is 5.56 Å². The minimum absolute atomic E-state index is 0.0557. The van der Waals surface area contributed by atoms with Crippen LogP contribution in [0.25, 0.3) is 0 Å². The number of hydrogen-bond donors (Lipinski definition) is 0. The lowest BCUT2D eigenvalue weighted by Crippen LogP contribution is -2.03. The van der Waals surface area contributed by atoms with E-state index in [0.717, 1.165) is 0 Å². The molecule has 4 heteroatoms. The average Bonchev–Trinajstić information content (AvgIpc) is 2.65. The molecule has 1 fully saturated rings. The van der Waals surface area contributed by atoms with E-state index in [2.05, 4.69) is 0 Å². The van der Waals surface area contributed by atoms with E-state index in [1.54, 1.807) is 12.1 Å². The zero-order valence-electron chi connectivity index (χ0n) is 8.70. The van der Waals surface area contributed by atoms with Crippen molar-refractivity contribution in [1.82, 2.24) is 0 Å². The standard InChI is InChI=1S/C11H13FO3/c1-7-6-14-11(15-7)8-3-4-10(13-2)9(12)5-8/h3-5,7,11H,6H2,1-2H3. The van der Waals surface area contributed by atoms with Crippen LogP contribution in [0.4, 0.5) is 4.39 Å². The van der Waals surface area contributed by atoms with Crippen molar-refractivity contribution in [3.05, 3.63) is 29.6 Å². The molecule has 0 aliphatic carbocycles. The third-order valence-corrected chi connectivity index (χ3v) is 2.29. The van der Waals surface area contributed by atoms with Crippen molar-refractivity contribution < 1.29 is 18.6 Å². The minimum atomic E-state index is -0.458. The molecule has 0 saturated carbocycles. The molecule has 15 heavy (non-hydrogen) atoms. The Kier molecular flexibility index (Phi) is 2.88. The summed E-state index contributed by atoms with van der Waals surface area (Å²) in [5.41, 5.74) is 0.678. The fourth-order valence-electron chi connectivity index (χ4n) is 1.52. The summed E-state index contributed by atoms with van der Waals surface area (Å²) in [6.07, 6.45) is -0.402. The van der Waals surface area contributed by atoms with Crippen LogP contribution in [0, 0.1) is 5.82 Å². The molecule has 0 N–H and O–H groups in total. The van der Waals surface area contributed by atoms with Crippen molar-refractivity contribution >= 4 is 0 Å². The molecular weight excluding hydrogens is 199 g/mol. The first-order valence-corrected chi connectivity index (χ1v) is 4.81. The molecule has 0 radical (unpaired) electrons. The Balaban J connectivity index is 2.19. The second kappa shape index (κ2) is 4.16. The Morgan fingerprint density at radius 2 is 2.27 bits per heavy atom. The lowest BCUT2D eigenvalue weighted by Gasteiger charge is -2.11. The van der Waals surface area contributed by atoms with E-state index in [1.165, 1.54) is 13.2 Å². The first kappa shape index (κ1) is 10.4. The van der Waals surface area contributed by atoms with Gasteiger partial charge >= 0.3 is 0 Å². The van der Waals surface area contributed by atoms with Gasteiger partial charge in [-0.3, -0.25) is 0 Å². The summed E-state index contributed by atoms with van der Waals surface area (Å²) in [5, 5.41) is 0. The lowest BCUT2D eigenvalue weighted by molar-refractivity contribution is -0.0574. The lowest BCUT2D eigenvalue weighted by atomic mass is 10.2. The summed E-state index contributed by atoms with van der Waals surface area (Å²) in [6.45, 7) is 2.46. The summed E-state index contributed by atoms with van der Waals surface area (Å²) in [5.74, 6) is -0.174. The molecular formula is C11H13FO3. The largest absolute Gasteiger partial charge is 0.494 e. The van der Waals surface area contributed by atoms with Crippen molar-refractivity contribution in [1.29, 1.82) is 0 Å². The number of halogens is 1. The van der Waals surface area contributed by atoms with Crippen LogP contribution in [0.5, 0.6) is 5.75 Å². The molecule has 0 aromatic heterocycles. The molecule has 0 amide bonds. The summed E-state index contributed by atoms with van der Waals surface area (Å²) in [7, 11) is 1.43. The zero-order valence-corrected chi connectivity index (χ0v) is 8.70. The van der Waals surface area contributed by atoms with Crippen LogP contribution in [-0.2, 0) is 9.47 Å². The predicted octanol–water partition coefficient (Wildman–Crippen LogP) is 2.27. The highest BCUT2D eigenvalue weighted by molar-refractivity contribution is 5.30. The average molecular weight is 212 g/mol. The van der Waals surface area contributed by atoms with Gasteiger partial charge in [-0.1, -0.05) is 6.07 Å². The van der Waals surface area contributed by atoms with Crippen molar-refractivity contribution in [3.8, 4) is 5.75 Å². The van der Waals surface area contributed by atoms with Crippen molar-refractivity contribution in [3.63, 3.8) is 0 Å². The maximum atomic E-state index is 13.4. The number of hydrogen-bond acceptors (Lipinski definition) is 3. The smallest absolute Gasteiger partial charge is 0.184 e. The van der Waals surface area contributed by atoms with E-state index in [9.17, 15) is 4.39 Å². The highest BCUT2D eigenvalue weighted by atomic mass is 19.1. The van der Waals surface area contributed by atoms with Crippen LogP contribution in [0.2, 0.25) is 0 Å². The van der Waals surface area contributed by atoms with E-state index >= 15 is 0 Å². The third kappa shape index (κ3) is 2.11. The van der Waals surface area contributed by atoms with Gasteiger partial charge in [0.25, 0.3) is 0 Å². The third-order valence-electron chi connectivity index (χ3n) is 2.29. The first-order valence-electron chi connectivity index (χ1n) is 4.81. The zero-order chi connectivity index (χ0) is 10.8. The van der Waals surface area contributed by atoms with Crippen LogP contribution in [-0.4, -0.2) is 19.8 Å². The number of rotatable bonds is 2. The molecule has 1 aromatic carbocycles. The van der Waals surface area contributed by atoms with Crippen molar-refractivity contribution in [2.45, 2.75) is 19.3 Å². The Morgan fingerprint density at radius 3 is 2.80 bits per heavy atom. The molecule has 2 atom stereocenters. The Hall–Kier alpha value is -1.13. The van der Waals surface area contributed by atoms with Crippen molar-refractivity contribution in [2.75, 3.05) is 13.7 Å². The SMILES string of the molecule is COc1ccc(C2OCC(C)O2)cc1F.